The highest BCUT2D eigenvalue weighted by Gasteiger charge is 2.33. The minimum Gasteiger partial charge on any atom is -0.488 e. The molecule has 2 heterocycles. The van der Waals surface area contributed by atoms with Crippen LogP contribution in [0, 0.1) is 0 Å². The second kappa shape index (κ2) is 5.08. The van der Waals surface area contributed by atoms with E-state index in [1.165, 1.54) is 5.56 Å². The van der Waals surface area contributed by atoms with Crippen LogP contribution in [0.15, 0.2) is 22.7 Å². The number of benzene rings is 1. The Morgan fingerprint density at radius 3 is 3.11 bits per heavy atom. The summed E-state index contributed by atoms with van der Waals surface area (Å²) in [6.45, 7) is 8.86. The predicted molar refractivity (Wildman–Crippen MR) is 80.8 cm³/mol. The van der Waals surface area contributed by atoms with Gasteiger partial charge < -0.3 is 10.1 Å². The van der Waals surface area contributed by atoms with Crippen molar-refractivity contribution in [3.8, 4) is 5.75 Å². The number of rotatable bonds is 2. The van der Waals surface area contributed by atoms with Crippen molar-refractivity contribution in [2.24, 2.45) is 0 Å². The zero-order valence-corrected chi connectivity index (χ0v) is 13.2. The molecule has 3 rings (SSSR count). The molecule has 1 fully saturated rings. The van der Waals surface area contributed by atoms with Crippen LogP contribution in [-0.4, -0.2) is 42.7 Å². The molecule has 4 heteroatoms. The first-order chi connectivity index (χ1) is 9.04. The van der Waals surface area contributed by atoms with Gasteiger partial charge in [-0.3, -0.25) is 4.90 Å². The second-order valence-corrected chi connectivity index (χ2v) is 7.05. The minimum atomic E-state index is 0.219. The van der Waals surface area contributed by atoms with Crippen molar-refractivity contribution in [3.63, 3.8) is 0 Å². The fourth-order valence-corrected chi connectivity index (χ4v) is 3.41. The van der Waals surface area contributed by atoms with Gasteiger partial charge in [0.25, 0.3) is 0 Å². The SMILES string of the molecule is CC1(C)CNCCN1CC1Cc2cc(Br)ccc2O1. The van der Waals surface area contributed by atoms with Gasteiger partial charge in [-0.15, -0.1) is 0 Å². The molecule has 1 N–H and O–H groups in total. The Hall–Kier alpha value is -0.580. The molecular formula is C15H21BrN2O. The normalized spacial score (nSPS) is 25.9. The summed E-state index contributed by atoms with van der Waals surface area (Å²) < 4.78 is 7.21. The van der Waals surface area contributed by atoms with E-state index in [1.54, 1.807) is 0 Å². The van der Waals surface area contributed by atoms with Gasteiger partial charge in [0.2, 0.25) is 0 Å². The summed E-state index contributed by atoms with van der Waals surface area (Å²) in [5, 5.41) is 3.47. The smallest absolute Gasteiger partial charge is 0.123 e. The van der Waals surface area contributed by atoms with Gasteiger partial charge in [-0.25, -0.2) is 0 Å². The van der Waals surface area contributed by atoms with E-state index >= 15 is 0 Å². The molecule has 1 aromatic rings. The van der Waals surface area contributed by atoms with Crippen LogP contribution in [0.5, 0.6) is 5.75 Å². The van der Waals surface area contributed by atoms with Crippen LogP contribution < -0.4 is 10.1 Å². The molecule has 0 radical (unpaired) electrons. The number of nitrogens with one attached hydrogen (secondary N) is 1. The fraction of sp³-hybridized carbons (Fsp3) is 0.600. The van der Waals surface area contributed by atoms with Crippen LogP contribution in [0.2, 0.25) is 0 Å². The first-order valence-corrected chi connectivity index (χ1v) is 7.75. The van der Waals surface area contributed by atoms with Crippen LogP contribution in [-0.2, 0) is 6.42 Å². The molecule has 19 heavy (non-hydrogen) atoms. The van der Waals surface area contributed by atoms with E-state index in [2.05, 4.69) is 58.2 Å². The van der Waals surface area contributed by atoms with E-state index in [0.29, 0.717) is 6.10 Å². The average molecular weight is 325 g/mol. The van der Waals surface area contributed by atoms with E-state index in [4.69, 9.17) is 4.74 Å². The van der Waals surface area contributed by atoms with Gasteiger partial charge in [-0.05, 0) is 37.6 Å². The summed E-state index contributed by atoms with van der Waals surface area (Å²) in [5.74, 6) is 1.06. The number of hydrogen-bond acceptors (Lipinski definition) is 3. The molecule has 0 spiro atoms. The zero-order chi connectivity index (χ0) is 13.5. The van der Waals surface area contributed by atoms with Crippen molar-refractivity contribution in [3.05, 3.63) is 28.2 Å². The molecule has 0 amide bonds. The number of halogens is 1. The summed E-state index contributed by atoms with van der Waals surface area (Å²) in [5.41, 5.74) is 1.55. The maximum Gasteiger partial charge on any atom is 0.123 e. The van der Waals surface area contributed by atoms with E-state index in [9.17, 15) is 0 Å². The molecule has 2 aliphatic rings. The molecule has 104 valence electrons. The van der Waals surface area contributed by atoms with Crippen molar-refractivity contribution in [2.75, 3.05) is 26.2 Å². The molecule has 3 nitrogen and oxygen atoms in total. The van der Waals surface area contributed by atoms with Gasteiger partial charge in [0, 0.05) is 42.6 Å². The van der Waals surface area contributed by atoms with Crippen molar-refractivity contribution in [1.82, 2.24) is 10.2 Å². The lowest BCUT2D eigenvalue weighted by atomic mass is 9.99. The summed E-state index contributed by atoms with van der Waals surface area (Å²) in [7, 11) is 0. The van der Waals surface area contributed by atoms with Crippen molar-refractivity contribution < 1.29 is 4.74 Å². The summed E-state index contributed by atoms with van der Waals surface area (Å²) >= 11 is 3.53. The van der Waals surface area contributed by atoms with E-state index < -0.39 is 0 Å². The molecule has 2 aliphatic heterocycles. The molecule has 1 atom stereocenters. The number of ether oxygens (including phenoxy) is 1. The van der Waals surface area contributed by atoms with Crippen LogP contribution >= 0.6 is 15.9 Å². The molecule has 1 saturated heterocycles. The maximum absolute atomic E-state index is 6.08. The highest BCUT2D eigenvalue weighted by molar-refractivity contribution is 9.10. The lowest BCUT2D eigenvalue weighted by molar-refractivity contribution is 0.0507. The molecular weight excluding hydrogens is 304 g/mol. The standard InChI is InChI=1S/C15H21BrN2O/c1-15(2)10-17-5-6-18(15)9-13-8-11-7-12(16)3-4-14(11)19-13/h3-4,7,13,17H,5-6,8-10H2,1-2H3. The molecule has 1 unspecified atom stereocenters. The summed E-state index contributed by atoms with van der Waals surface area (Å²) in [4.78, 5) is 2.55. The average Bonchev–Trinajstić information content (AvgIpc) is 2.73. The number of fused-ring (bicyclic) bond motifs is 1. The highest BCUT2D eigenvalue weighted by Crippen LogP contribution is 2.32. The molecule has 0 aliphatic carbocycles. The first-order valence-electron chi connectivity index (χ1n) is 6.95. The Kier molecular flexibility index (Phi) is 3.58. The lowest BCUT2D eigenvalue weighted by Gasteiger charge is -2.43. The quantitative estimate of drug-likeness (QED) is 0.904. The van der Waals surface area contributed by atoms with E-state index in [1.807, 2.05) is 0 Å². The zero-order valence-electron chi connectivity index (χ0n) is 11.6. The predicted octanol–water partition coefficient (Wildman–Crippen LogP) is 2.44. The third-order valence-corrected chi connectivity index (χ3v) is 4.65. The Morgan fingerprint density at radius 2 is 2.32 bits per heavy atom. The second-order valence-electron chi connectivity index (χ2n) is 6.13. The third kappa shape index (κ3) is 2.81. The van der Waals surface area contributed by atoms with Crippen LogP contribution in [0.4, 0.5) is 0 Å². The van der Waals surface area contributed by atoms with E-state index in [0.717, 1.165) is 42.8 Å². The fourth-order valence-electron chi connectivity index (χ4n) is 3.00. The molecule has 0 saturated carbocycles. The Morgan fingerprint density at radius 1 is 1.47 bits per heavy atom. The van der Waals surface area contributed by atoms with Crippen LogP contribution in [0.1, 0.15) is 19.4 Å². The number of piperazine rings is 1. The van der Waals surface area contributed by atoms with Gasteiger partial charge in [0.05, 0.1) is 0 Å². The molecule has 0 aromatic heterocycles. The number of nitrogens with zero attached hydrogens (tertiary/aromatic N) is 1. The van der Waals surface area contributed by atoms with Gasteiger partial charge >= 0.3 is 0 Å². The summed E-state index contributed by atoms with van der Waals surface area (Å²) in [6, 6.07) is 6.30. The Balaban J connectivity index is 1.67. The minimum absolute atomic E-state index is 0.219. The highest BCUT2D eigenvalue weighted by atomic mass is 79.9. The van der Waals surface area contributed by atoms with Crippen molar-refractivity contribution >= 4 is 15.9 Å². The molecule has 0 bridgehead atoms. The topological polar surface area (TPSA) is 24.5 Å². The van der Waals surface area contributed by atoms with E-state index in [-0.39, 0.29) is 5.54 Å². The van der Waals surface area contributed by atoms with Gasteiger partial charge in [-0.2, -0.15) is 0 Å². The number of hydrogen-bond donors (Lipinski definition) is 1. The van der Waals surface area contributed by atoms with Crippen molar-refractivity contribution in [2.45, 2.75) is 31.9 Å². The van der Waals surface area contributed by atoms with Crippen molar-refractivity contribution in [1.29, 1.82) is 0 Å². The first kappa shape index (κ1) is 13.4. The monoisotopic (exact) mass is 324 g/mol. The van der Waals surface area contributed by atoms with Crippen LogP contribution in [0.25, 0.3) is 0 Å². The summed E-state index contributed by atoms with van der Waals surface area (Å²) in [6.07, 6.45) is 1.32. The third-order valence-electron chi connectivity index (χ3n) is 4.16. The van der Waals surface area contributed by atoms with Gasteiger partial charge in [0.1, 0.15) is 11.9 Å². The van der Waals surface area contributed by atoms with Gasteiger partial charge in [0.15, 0.2) is 0 Å². The largest absolute Gasteiger partial charge is 0.488 e. The molecule has 1 aromatic carbocycles. The Labute approximate surface area is 123 Å². The van der Waals surface area contributed by atoms with Gasteiger partial charge in [-0.1, -0.05) is 15.9 Å². The lowest BCUT2D eigenvalue weighted by Crippen LogP contribution is -2.59. The maximum atomic E-state index is 6.08. The Bertz CT molecular complexity index is 475. The van der Waals surface area contributed by atoms with Crippen LogP contribution in [0.3, 0.4) is 0 Å².